The molecule has 2 amide bonds. The largest absolute Gasteiger partial charge is 0.456 e. The molecular weight excluding hydrogens is 404 g/mol. The Morgan fingerprint density at radius 3 is 2.50 bits per heavy atom. The average Bonchev–Trinajstić information content (AvgIpc) is 3.24. The molecule has 28 heavy (non-hydrogen) atoms. The lowest BCUT2D eigenvalue weighted by Crippen LogP contribution is -2.50. The van der Waals surface area contributed by atoms with Gasteiger partial charge in [-0.25, -0.2) is 8.42 Å². The summed E-state index contributed by atoms with van der Waals surface area (Å²) in [6.07, 6.45) is 5.42. The minimum absolute atomic E-state index is 0.00206. The van der Waals surface area contributed by atoms with Crippen molar-refractivity contribution < 1.29 is 27.5 Å². The first-order valence-electron chi connectivity index (χ1n) is 9.94. The minimum atomic E-state index is -3.11. The van der Waals surface area contributed by atoms with Gasteiger partial charge in [0.05, 0.1) is 17.9 Å². The van der Waals surface area contributed by atoms with Crippen LogP contribution in [0.2, 0.25) is 0 Å². The van der Waals surface area contributed by atoms with E-state index in [-0.39, 0.29) is 47.8 Å². The van der Waals surface area contributed by atoms with E-state index in [0.717, 1.165) is 37.9 Å². The minimum Gasteiger partial charge on any atom is -0.456 e. The number of carbonyl (C=O) groups excluding carboxylic acids is 3. The highest BCUT2D eigenvalue weighted by Gasteiger charge is 2.38. The number of rotatable bonds is 7. The predicted octanol–water partition coefficient (Wildman–Crippen LogP) is 1.44. The van der Waals surface area contributed by atoms with Crippen molar-refractivity contribution >= 4 is 38.7 Å². The van der Waals surface area contributed by atoms with Crippen molar-refractivity contribution in [3.8, 4) is 0 Å². The quantitative estimate of drug-likeness (QED) is 0.561. The fourth-order valence-corrected chi connectivity index (χ4v) is 6.77. The standard InChI is InChI=1S/C18H28N2O6S2/c21-16(12-26-17(22)6-8-19-9-10-27-18(19)23)20(14-4-2-1-3-5-14)15-7-11-28(24,25)13-15/h14-15H,1-13H2. The van der Waals surface area contributed by atoms with Crippen LogP contribution in [0.5, 0.6) is 0 Å². The zero-order valence-electron chi connectivity index (χ0n) is 16.0. The van der Waals surface area contributed by atoms with Gasteiger partial charge in [0.2, 0.25) is 0 Å². The Labute approximate surface area is 170 Å². The summed E-state index contributed by atoms with van der Waals surface area (Å²) in [5.41, 5.74) is 0. The van der Waals surface area contributed by atoms with Crippen molar-refractivity contribution in [3.63, 3.8) is 0 Å². The number of hydrogen-bond acceptors (Lipinski definition) is 7. The second-order valence-corrected chi connectivity index (χ2v) is 10.9. The molecule has 1 unspecified atom stereocenters. The summed E-state index contributed by atoms with van der Waals surface area (Å²) in [7, 11) is -3.11. The number of hydrogen-bond donors (Lipinski definition) is 0. The maximum Gasteiger partial charge on any atom is 0.308 e. The monoisotopic (exact) mass is 432 g/mol. The lowest BCUT2D eigenvalue weighted by Gasteiger charge is -2.38. The highest BCUT2D eigenvalue weighted by molar-refractivity contribution is 8.13. The fourth-order valence-electron chi connectivity index (χ4n) is 4.20. The summed E-state index contributed by atoms with van der Waals surface area (Å²) in [5, 5.41) is -0.0326. The SMILES string of the molecule is O=C(CCN1CCSC1=O)OCC(=O)N(C1CCCCC1)C1CCS(=O)(=O)C1. The Balaban J connectivity index is 1.53. The summed E-state index contributed by atoms with van der Waals surface area (Å²) in [4.78, 5) is 39.7. The second kappa shape index (κ2) is 9.47. The van der Waals surface area contributed by atoms with E-state index in [4.69, 9.17) is 4.74 Å². The van der Waals surface area contributed by atoms with E-state index in [1.165, 1.54) is 11.8 Å². The van der Waals surface area contributed by atoms with Gasteiger partial charge in [-0.05, 0) is 19.3 Å². The Morgan fingerprint density at radius 2 is 1.89 bits per heavy atom. The molecule has 3 rings (SSSR count). The molecule has 158 valence electrons. The topological polar surface area (TPSA) is 101 Å². The molecule has 3 aliphatic rings. The summed E-state index contributed by atoms with van der Waals surface area (Å²) in [6.45, 7) is 0.558. The van der Waals surface area contributed by atoms with Crippen molar-refractivity contribution in [1.82, 2.24) is 9.80 Å². The Morgan fingerprint density at radius 1 is 1.14 bits per heavy atom. The lowest BCUT2D eigenvalue weighted by atomic mass is 9.93. The van der Waals surface area contributed by atoms with E-state index < -0.39 is 15.8 Å². The van der Waals surface area contributed by atoms with Gasteiger partial charge in [0.25, 0.3) is 11.1 Å². The molecule has 0 aromatic carbocycles. The molecule has 2 aliphatic heterocycles. The van der Waals surface area contributed by atoms with Gasteiger partial charge in [0.15, 0.2) is 16.4 Å². The average molecular weight is 433 g/mol. The van der Waals surface area contributed by atoms with Gasteiger partial charge in [-0.2, -0.15) is 0 Å². The van der Waals surface area contributed by atoms with Crippen LogP contribution in [0, 0.1) is 0 Å². The predicted molar refractivity (Wildman–Crippen MR) is 106 cm³/mol. The molecule has 8 nitrogen and oxygen atoms in total. The first-order chi connectivity index (χ1) is 13.4. The van der Waals surface area contributed by atoms with E-state index in [0.29, 0.717) is 19.5 Å². The molecule has 0 spiro atoms. The Bertz CT molecular complexity index is 705. The highest BCUT2D eigenvalue weighted by Crippen LogP contribution is 2.28. The molecule has 10 heteroatoms. The zero-order chi connectivity index (χ0) is 20.1. The smallest absolute Gasteiger partial charge is 0.308 e. The molecule has 2 heterocycles. The molecular formula is C18H28N2O6S2. The van der Waals surface area contributed by atoms with Crippen molar-refractivity contribution in [2.75, 3.05) is 37.0 Å². The van der Waals surface area contributed by atoms with Crippen LogP contribution in [-0.2, 0) is 24.2 Å². The van der Waals surface area contributed by atoms with Gasteiger partial charge < -0.3 is 14.5 Å². The van der Waals surface area contributed by atoms with Crippen LogP contribution in [0.4, 0.5) is 4.79 Å². The summed E-state index contributed by atoms with van der Waals surface area (Å²) < 4.78 is 29.0. The first kappa shape index (κ1) is 21.4. The lowest BCUT2D eigenvalue weighted by molar-refractivity contribution is -0.154. The normalized spacial score (nSPS) is 25.1. The van der Waals surface area contributed by atoms with Crippen LogP contribution in [0.15, 0.2) is 0 Å². The number of carbonyl (C=O) groups is 3. The van der Waals surface area contributed by atoms with Gasteiger partial charge in [0, 0.05) is 30.9 Å². The van der Waals surface area contributed by atoms with Gasteiger partial charge in [-0.15, -0.1) is 0 Å². The highest BCUT2D eigenvalue weighted by atomic mass is 32.2. The van der Waals surface area contributed by atoms with Crippen molar-refractivity contribution in [1.29, 1.82) is 0 Å². The molecule has 0 aromatic heterocycles. The molecule has 0 N–H and O–H groups in total. The van der Waals surface area contributed by atoms with Crippen LogP contribution in [0.25, 0.3) is 0 Å². The van der Waals surface area contributed by atoms with E-state index in [2.05, 4.69) is 0 Å². The first-order valence-corrected chi connectivity index (χ1v) is 12.8. The van der Waals surface area contributed by atoms with Crippen molar-refractivity contribution in [2.45, 2.75) is 57.0 Å². The maximum atomic E-state index is 12.8. The third-order valence-corrected chi connectivity index (χ3v) is 8.29. The van der Waals surface area contributed by atoms with Crippen LogP contribution < -0.4 is 0 Å². The van der Waals surface area contributed by atoms with Crippen molar-refractivity contribution in [3.05, 3.63) is 0 Å². The molecule has 1 aliphatic carbocycles. The van der Waals surface area contributed by atoms with E-state index in [1.807, 2.05) is 0 Å². The number of amides is 2. The second-order valence-electron chi connectivity index (χ2n) is 7.66. The third kappa shape index (κ3) is 5.62. The maximum absolute atomic E-state index is 12.8. The van der Waals surface area contributed by atoms with Crippen molar-refractivity contribution in [2.24, 2.45) is 0 Å². The molecule has 3 fully saturated rings. The number of nitrogens with zero attached hydrogens (tertiary/aromatic N) is 2. The van der Waals surface area contributed by atoms with Crippen LogP contribution in [0.3, 0.4) is 0 Å². The Hall–Kier alpha value is -1.29. The zero-order valence-corrected chi connectivity index (χ0v) is 17.6. The fraction of sp³-hybridized carbons (Fsp3) is 0.833. The molecule has 1 atom stereocenters. The van der Waals surface area contributed by atoms with E-state index in [1.54, 1.807) is 9.80 Å². The van der Waals surface area contributed by atoms with Gasteiger partial charge in [-0.3, -0.25) is 14.4 Å². The Kier molecular flexibility index (Phi) is 7.25. The van der Waals surface area contributed by atoms with Gasteiger partial charge >= 0.3 is 5.97 Å². The molecule has 0 bridgehead atoms. The third-order valence-electron chi connectivity index (χ3n) is 5.65. The van der Waals surface area contributed by atoms with Gasteiger partial charge in [-0.1, -0.05) is 31.0 Å². The van der Waals surface area contributed by atoms with E-state index >= 15 is 0 Å². The number of ether oxygens (including phenoxy) is 1. The number of esters is 1. The summed E-state index contributed by atoms with van der Waals surface area (Å²) in [6, 6.07) is -0.295. The molecule has 2 saturated heterocycles. The summed E-state index contributed by atoms with van der Waals surface area (Å²) in [5.74, 6) is 0.0108. The molecule has 1 saturated carbocycles. The van der Waals surface area contributed by atoms with Crippen LogP contribution in [0.1, 0.15) is 44.9 Å². The molecule has 0 radical (unpaired) electrons. The molecule has 0 aromatic rings. The van der Waals surface area contributed by atoms with Crippen LogP contribution in [-0.4, -0.2) is 84.4 Å². The number of sulfone groups is 1. The van der Waals surface area contributed by atoms with E-state index in [9.17, 15) is 22.8 Å². The van der Waals surface area contributed by atoms with Crippen LogP contribution >= 0.6 is 11.8 Å². The number of thioether (sulfide) groups is 1. The van der Waals surface area contributed by atoms with Gasteiger partial charge in [0.1, 0.15) is 0 Å². The summed E-state index contributed by atoms with van der Waals surface area (Å²) >= 11 is 1.23.